The molecule has 1 aromatic rings. The number of hydrogen-bond acceptors (Lipinski definition) is 3. The van der Waals surface area contributed by atoms with Crippen molar-refractivity contribution < 1.29 is 14.4 Å². The minimum absolute atomic E-state index is 0.222. The summed E-state index contributed by atoms with van der Waals surface area (Å²) in [5, 5.41) is 18.2. The van der Waals surface area contributed by atoms with Gasteiger partial charge >= 0.3 is 7.12 Å². The molecular formula is C14H21BFNO2. The Morgan fingerprint density at radius 1 is 1.37 bits per heavy atom. The Morgan fingerprint density at radius 3 is 2.84 bits per heavy atom. The standard InChI is InChI=1S/C14H21BFNO2/c1-2-3-11-4-5-17(9-11)10-12-6-13(15(18)19)8-14(16)7-12/h6-8,11,18-19H,2-5,9-10H2,1H3. The molecule has 1 atom stereocenters. The molecule has 1 aromatic carbocycles. The Balaban J connectivity index is 1.99. The van der Waals surface area contributed by atoms with E-state index in [1.165, 1.54) is 25.3 Å². The van der Waals surface area contributed by atoms with Crippen molar-refractivity contribution in [2.24, 2.45) is 5.92 Å². The van der Waals surface area contributed by atoms with Gasteiger partial charge in [0.2, 0.25) is 0 Å². The Labute approximate surface area is 114 Å². The van der Waals surface area contributed by atoms with Crippen LogP contribution in [-0.2, 0) is 6.54 Å². The largest absolute Gasteiger partial charge is 0.488 e. The molecule has 1 saturated heterocycles. The monoisotopic (exact) mass is 265 g/mol. The van der Waals surface area contributed by atoms with Gasteiger partial charge in [0.05, 0.1) is 0 Å². The Bertz CT molecular complexity index is 428. The van der Waals surface area contributed by atoms with Crippen LogP contribution in [0.5, 0.6) is 0 Å². The van der Waals surface area contributed by atoms with Gasteiger partial charge < -0.3 is 10.0 Å². The van der Waals surface area contributed by atoms with E-state index < -0.39 is 12.9 Å². The lowest BCUT2D eigenvalue weighted by Gasteiger charge is -2.16. The summed E-state index contributed by atoms with van der Waals surface area (Å²) in [5.41, 5.74) is 1.03. The summed E-state index contributed by atoms with van der Waals surface area (Å²) in [5.74, 6) is 0.339. The maximum atomic E-state index is 13.4. The van der Waals surface area contributed by atoms with E-state index >= 15 is 0 Å². The van der Waals surface area contributed by atoms with Crippen LogP contribution in [0.3, 0.4) is 0 Å². The molecule has 1 aliphatic rings. The molecule has 1 unspecified atom stereocenters. The highest BCUT2D eigenvalue weighted by Crippen LogP contribution is 2.22. The second kappa shape index (κ2) is 6.50. The molecule has 0 saturated carbocycles. The highest BCUT2D eigenvalue weighted by molar-refractivity contribution is 6.58. The van der Waals surface area contributed by atoms with Crippen molar-refractivity contribution in [2.45, 2.75) is 32.7 Å². The fourth-order valence-corrected chi connectivity index (χ4v) is 2.87. The van der Waals surface area contributed by atoms with Crippen molar-refractivity contribution in [2.75, 3.05) is 13.1 Å². The van der Waals surface area contributed by atoms with Gasteiger partial charge in [0.25, 0.3) is 0 Å². The molecule has 2 N–H and O–H groups in total. The third kappa shape index (κ3) is 4.03. The molecule has 104 valence electrons. The van der Waals surface area contributed by atoms with E-state index in [4.69, 9.17) is 10.0 Å². The third-order valence-corrected chi connectivity index (χ3v) is 3.75. The fourth-order valence-electron chi connectivity index (χ4n) is 2.87. The summed E-state index contributed by atoms with van der Waals surface area (Å²) in [6, 6.07) is 4.30. The fraction of sp³-hybridized carbons (Fsp3) is 0.571. The van der Waals surface area contributed by atoms with E-state index in [0.717, 1.165) is 30.6 Å². The molecule has 0 radical (unpaired) electrons. The number of benzene rings is 1. The van der Waals surface area contributed by atoms with Gasteiger partial charge in [0, 0.05) is 13.1 Å². The van der Waals surface area contributed by atoms with Gasteiger partial charge in [-0.05, 0) is 48.5 Å². The van der Waals surface area contributed by atoms with Gasteiger partial charge in [0.1, 0.15) is 5.82 Å². The first-order valence-electron chi connectivity index (χ1n) is 6.96. The Kier molecular flexibility index (Phi) is 4.96. The molecule has 2 rings (SSSR count). The van der Waals surface area contributed by atoms with Crippen LogP contribution < -0.4 is 5.46 Å². The second-order valence-corrected chi connectivity index (χ2v) is 5.44. The lowest BCUT2D eigenvalue weighted by molar-refractivity contribution is 0.312. The topological polar surface area (TPSA) is 43.7 Å². The van der Waals surface area contributed by atoms with E-state index in [-0.39, 0.29) is 5.46 Å². The molecule has 0 aromatic heterocycles. The smallest absolute Gasteiger partial charge is 0.423 e. The van der Waals surface area contributed by atoms with Crippen LogP contribution in [0, 0.1) is 11.7 Å². The van der Waals surface area contributed by atoms with Crippen LogP contribution >= 0.6 is 0 Å². The average molecular weight is 265 g/mol. The van der Waals surface area contributed by atoms with Crippen molar-refractivity contribution in [3.63, 3.8) is 0 Å². The number of hydrogen-bond donors (Lipinski definition) is 2. The first-order chi connectivity index (χ1) is 9.08. The molecule has 0 spiro atoms. The molecule has 0 aliphatic carbocycles. The first-order valence-corrected chi connectivity index (χ1v) is 6.96. The van der Waals surface area contributed by atoms with Crippen LogP contribution in [0.25, 0.3) is 0 Å². The average Bonchev–Trinajstić information content (AvgIpc) is 2.76. The number of likely N-dealkylation sites (tertiary alicyclic amines) is 1. The lowest BCUT2D eigenvalue weighted by Crippen LogP contribution is -2.31. The van der Waals surface area contributed by atoms with Crippen molar-refractivity contribution >= 4 is 12.6 Å². The molecule has 1 heterocycles. The predicted octanol–water partition coefficient (Wildman–Crippen LogP) is 1.13. The van der Waals surface area contributed by atoms with Gasteiger partial charge in [-0.1, -0.05) is 19.4 Å². The maximum Gasteiger partial charge on any atom is 0.488 e. The highest BCUT2D eigenvalue weighted by atomic mass is 19.1. The predicted molar refractivity (Wildman–Crippen MR) is 74.5 cm³/mol. The zero-order valence-electron chi connectivity index (χ0n) is 11.3. The molecular weight excluding hydrogens is 244 g/mol. The van der Waals surface area contributed by atoms with E-state index in [1.807, 2.05) is 0 Å². The van der Waals surface area contributed by atoms with Crippen LogP contribution in [0.4, 0.5) is 4.39 Å². The molecule has 5 heteroatoms. The van der Waals surface area contributed by atoms with Gasteiger partial charge in [-0.2, -0.15) is 0 Å². The summed E-state index contributed by atoms with van der Waals surface area (Å²) in [6.45, 7) is 4.97. The summed E-state index contributed by atoms with van der Waals surface area (Å²) in [7, 11) is -1.61. The van der Waals surface area contributed by atoms with Gasteiger partial charge in [0.15, 0.2) is 0 Å². The molecule has 0 bridgehead atoms. The van der Waals surface area contributed by atoms with Crippen molar-refractivity contribution in [3.8, 4) is 0 Å². The summed E-state index contributed by atoms with van der Waals surface area (Å²) < 4.78 is 13.4. The van der Waals surface area contributed by atoms with Gasteiger partial charge in [-0.25, -0.2) is 4.39 Å². The van der Waals surface area contributed by atoms with Crippen molar-refractivity contribution in [1.29, 1.82) is 0 Å². The van der Waals surface area contributed by atoms with E-state index in [1.54, 1.807) is 6.07 Å². The highest BCUT2D eigenvalue weighted by Gasteiger charge is 2.22. The minimum atomic E-state index is -1.61. The van der Waals surface area contributed by atoms with Crippen molar-refractivity contribution in [1.82, 2.24) is 4.90 Å². The minimum Gasteiger partial charge on any atom is -0.423 e. The summed E-state index contributed by atoms with van der Waals surface area (Å²) in [4.78, 5) is 2.31. The van der Waals surface area contributed by atoms with Gasteiger partial charge in [-0.15, -0.1) is 0 Å². The van der Waals surface area contributed by atoms with Crippen LogP contribution in [0.2, 0.25) is 0 Å². The van der Waals surface area contributed by atoms with E-state index in [2.05, 4.69) is 11.8 Å². The first kappa shape index (κ1) is 14.5. The van der Waals surface area contributed by atoms with E-state index in [9.17, 15) is 4.39 Å². The van der Waals surface area contributed by atoms with Gasteiger partial charge in [-0.3, -0.25) is 4.90 Å². The molecule has 3 nitrogen and oxygen atoms in total. The van der Waals surface area contributed by atoms with Crippen molar-refractivity contribution in [3.05, 3.63) is 29.6 Å². The van der Waals surface area contributed by atoms with Crippen LogP contribution in [0.15, 0.2) is 18.2 Å². The molecule has 1 aliphatic heterocycles. The second-order valence-electron chi connectivity index (χ2n) is 5.44. The van der Waals surface area contributed by atoms with Crippen LogP contribution in [0.1, 0.15) is 31.7 Å². The van der Waals surface area contributed by atoms with Crippen LogP contribution in [-0.4, -0.2) is 35.2 Å². The quantitative estimate of drug-likeness (QED) is 0.784. The Morgan fingerprint density at radius 2 is 2.16 bits per heavy atom. The lowest BCUT2D eigenvalue weighted by atomic mass is 9.79. The number of nitrogens with zero attached hydrogens (tertiary/aromatic N) is 1. The SMILES string of the molecule is CCCC1CCN(Cc2cc(F)cc(B(O)O)c2)C1. The molecule has 0 amide bonds. The number of rotatable bonds is 5. The molecule has 19 heavy (non-hydrogen) atoms. The summed E-state index contributed by atoms with van der Waals surface area (Å²) in [6.07, 6.45) is 3.66. The maximum absolute atomic E-state index is 13.4. The normalized spacial score (nSPS) is 19.9. The molecule has 1 fully saturated rings. The zero-order valence-corrected chi connectivity index (χ0v) is 11.3. The van der Waals surface area contributed by atoms with E-state index in [0.29, 0.717) is 6.54 Å². The Hall–Kier alpha value is -0.905. The number of halogens is 1. The third-order valence-electron chi connectivity index (χ3n) is 3.75. The zero-order chi connectivity index (χ0) is 13.8. The summed E-state index contributed by atoms with van der Waals surface area (Å²) >= 11 is 0.